The van der Waals surface area contributed by atoms with Crippen LogP contribution in [0.5, 0.6) is 0 Å². The van der Waals surface area contributed by atoms with Gasteiger partial charge in [0.25, 0.3) is 5.91 Å². The van der Waals surface area contributed by atoms with E-state index in [0.717, 1.165) is 54.1 Å². The van der Waals surface area contributed by atoms with Crippen LogP contribution in [0.15, 0.2) is 85.1 Å². The molecule has 1 heterocycles. The topological polar surface area (TPSA) is 42.0 Å². The molecule has 4 heteroatoms. The van der Waals surface area contributed by atoms with E-state index in [0.29, 0.717) is 17.4 Å². The second-order valence-electron chi connectivity index (χ2n) is 9.60. The van der Waals surface area contributed by atoms with Crippen molar-refractivity contribution in [2.45, 2.75) is 51.0 Å². The molecule has 1 atom stereocenters. The molecule has 1 aliphatic rings. The standard InChI is InChI=1S/C31H31FN2O/c1-2-29(34-31(35)25-14-8-22(9-15-25)21-6-4-3-5-7-21)24-12-10-23(11-13-24)27-18-19-33-30-17-16-26(32)20-28(27)30/h3-9,14-20,23-24,29H,2,10-13H2,1H3,(H,34,35)/t23?,24?,29-/m1/s1. The van der Waals surface area contributed by atoms with Gasteiger partial charge < -0.3 is 5.32 Å². The van der Waals surface area contributed by atoms with E-state index >= 15 is 0 Å². The SMILES string of the molecule is CC[C@@H](NC(=O)c1ccc(-c2ccccc2)cc1)C1CCC(c2ccnc3ccc(F)cc23)CC1. The second kappa shape index (κ2) is 10.4. The number of carbonyl (C=O) groups is 1. The highest BCUT2D eigenvalue weighted by Crippen LogP contribution is 2.40. The van der Waals surface area contributed by atoms with Crippen molar-refractivity contribution in [3.63, 3.8) is 0 Å². The van der Waals surface area contributed by atoms with Crippen molar-refractivity contribution >= 4 is 16.8 Å². The van der Waals surface area contributed by atoms with E-state index in [1.54, 1.807) is 12.1 Å². The Balaban J connectivity index is 1.22. The van der Waals surface area contributed by atoms with Crippen molar-refractivity contribution in [3.8, 4) is 11.1 Å². The summed E-state index contributed by atoms with van der Waals surface area (Å²) in [5, 5.41) is 4.23. The zero-order valence-corrected chi connectivity index (χ0v) is 20.1. The number of pyridine rings is 1. The molecule has 1 saturated carbocycles. The van der Waals surface area contributed by atoms with E-state index in [-0.39, 0.29) is 17.8 Å². The number of aromatic nitrogens is 1. The number of nitrogens with zero attached hydrogens (tertiary/aromatic N) is 1. The maximum Gasteiger partial charge on any atom is 0.251 e. The average molecular weight is 467 g/mol. The second-order valence-corrected chi connectivity index (χ2v) is 9.60. The van der Waals surface area contributed by atoms with Gasteiger partial charge in [0, 0.05) is 23.2 Å². The van der Waals surface area contributed by atoms with Crippen molar-refractivity contribution in [2.24, 2.45) is 5.92 Å². The molecule has 1 aliphatic carbocycles. The lowest BCUT2D eigenvalue weighted by Crippen LogP contribution is -2.41. The number of fused-ring (bicyclic) bond motifs is 1. The number of rotatable bonds is 6. The van der Waals surface area contributed by atoms with Crippen LogP contribution in [0.1, 0.15) is 60.9 Å². The van der Waals surface area contributed by atoms with Gasteiger partial charge in [0.1, 0.15) is 5.82 Å². The molecule has 0 unspecified atom stereocenters. The lowest BCUT2D eigenvalue weighted by Gasteiger charge is -2.34. The summed E-state index contributed by atoms with van der Waals surface area (Å²) in [5.41, 5.74) is 5.00. The maximum atomic E-state index is 13.9. The average Bonchev–Trinajstić information content (AvgIpc) is 2.92. The summed E-state index contributed by atoms with van der Waals surface area (Å²) in [6.45, 7) is 2.15. The third-order valence-electron chi connectivity index (χ3n) is 7.53. The summed E-state index contributed by atoms with van der Waals surface area (Å²) in [7, 11) is 0. The predicted octanol–water partition coefficient (Wildman–Crippen LogP) is 7.52. The molecule has 0 aliphatic heterocycles. The Labute approximate surface area is 206 Å². The molecule has 0 radical (unpaired) electrons. The van der Waals surface area contributed by atoms with E-state index in [4.69, 9.17) is 0 Å². The first-order valence-corrected chi connectivity index (χ1v) is 12.6. The van der Waals surface area contributed by atoms with Crippen molar-refractivity contribution in [2.75, 3.05) is 0 Å². The van der Waals surface area contributed by atoms with Crippen LogP contribution >= 0.6 is 0 Å². The Hall–Kier alpha value is -3.53. The van der Waals surface area contributed by atoms with Gasteiger partial charge in [-0.25, -0.2) is 4.39 Å². The highest BCUT2D eigenvalue weighted by Gasteiger charge is 2.29. The van der Waals surface area contributed by atoms with Gasteiger partial charge in [-0.15, -0.1) is 0 Å². The van der Waals surface area contributed by atoms with Crippen LogP contribution in [0.4, 0.5) is 4.39 Å². The molecule has 3 nitrogen and oxygen atoms in total. The molecule has 178 valence electrons. The fraction of sp³-hybridized carbons (Fsp3) is 0.290. The maximum absolute atomic E-state index is 13.9. The number of carbonyl (C=O) groups excluding carboxylic acids is 1. The van der Waals surface area contributed by atoms with Gasteiger partial charge in [0.15, 0.2) is 0 Å². The molecule has 0 spiro atoms. The summed E-state index contributed by atoms with van der Waals surface area (Å²) >= 11 is 0. The first-order chi connectivity index (χ1) is 17.1. The lowest BCUT2D eigenvalue weighted by atomic mass is 9.75. The highest BCUT2D eigenvalue weighted by molar-refractivity contribution is 5.95. The first kappa shape index (κ1) is 23.2. The van der Waals surface area contributed by atoms with Crippen LogP contribution < -0.4 is 5.32 Å². The van der Waals surface area contributed by atoms with Crippen LogP contribution in [-0.4, -0.2) is 16.9 Å². The smallest absolute Gasteiger partial charge is 0.251 e. The Morgan fingerprint density at radius 3 is 2.37 bits per heavy atom. The van der Waals surface area contributed by atoms with Crippen LogP contribution in [0.25, 0.3) is 22.0 Å². The minimum atomic E-state index is -0.217. The number of hydrogen-bond acceptors (Lipinski definition) is 2. The molecular formula is C31H31FN2O. The van der Waals surface area contributed by atoms with E-state index in [1.165, 1.54) is 11.6 Å². The van der Waals surface area contributed by atoms with Crippen LogP contribution in [0.2, 0.25) is 0 Å². The zero-order valence-electron chi connectivity index (χ0n) is 20.1. The predicted molar refractivity (Wildman–Crippen MR) is 140 cm³/mol. The Morgan fingerprint density at radius 1 is 0.943 bits per heavy atom. The quantitative estimate of drug-likeness (QED) is 0.319. The van der Waals surface area contributed by atoms with Gasteiger partial charge in [0.05, 0.1) is 5.52 Å². The highest BCUT2D eigenvalue weighted by atomic mass is 19.1. The summed E-state index contributed by atoms with van der Waals surface area (Å²) in [4.78, 5) is 17.4. The molecule has 0 saturated heterocycles. The minimum absolute atomic E-state index is 0.00538. The van der Waals surface area contributed by atoms with Gasteiger partial charge in [0.2, 0.25) is 0 Å². The monoisotopic (exact) mass is 466 g/mol. The summed E-state index contributed by atoms with van der Waals surface area (Å²) in [5.74, 6) is 0.631. The zero-order chi connectivity index (χ0) is 24.2. The molecule has 0 bridgehead atoms. The summed E-state index contributed by atoms with van der Waals surface area (Å²) in [6, 6.07) is 25.1. The van der Waals surface area contributed by atoms with Gasteiger partial charge in [-0.3, -0.25) is 9.78 Å². The largest absolute Gasteiger partial charge is 0.349 e. The molecule has 1 aromatic heterocycles. The summed E-state index contributed by atoms with van der Waals surface area (Å²) in [6.07, 6.45) is 6.92. The van der Waals surface area contributed by atoms with Crippen LogP contribution in [0, 0.1) is 11.7 Å². The van der Waals surface area contributed by atoms with Crippen LogP contribution in [-0.2, 0) is 0 Å². The number of amides is 1. The van der Waals surface area contributed by atoms with E-state index in [2.05, 4.69) is 29.4 Å². The van der Waals surface area contributed by atoms with E-state index in [1.807, 2.05) is 54.7 Å². The summed E-state index contributed by atoms with van der Waals surface area (Å²) < 4.78 is 13.9. The lowest BCUT2D eigenvalue weighted by molar-refractivity contribution is 0.0909. The van der Waals surface area contributed by atoms with Gasteiger partial charge in [-0.1, -0.05) is 49.4 Å². The van der Waals surface area contributed by atoms with E-state index < -0.39 is 0 Å². The van der Waals surface area contributed by atoms with Gasteiger partial charge >= 0.3 is 0 Å². The number of hydrogen-bond donors (Lipinski definition) is 1. The van der Waals surface area contributed by atoms with Gasteiger partial charge in [-0.2, -0.15) is 0 Å². The fourth-order valence-corrected chi connectivity index (χ4v) is 5.58. The van der Waals surface area contributed by atoms with Crippen molar-refractivity contribution in [1.82, 2.24) is 10.3 Å². The van der Waals surface area contributed by atoms with Crippen molar-refractivity contribution in [1.29, 1.82) is 0 Å². The van der Waals surface area contributed by atoms with Crippen molar-refractivity contribution < 1.29 is 9.18 Å². The Morgan fingerprint density at radius 2 is 1.66 bits per heavy atom. The molecule has 1 fully saturated rings. The van der Waals surface area contributed by atoms with Crippen molar-refractivity contribution in [3.05, 3.63) is 102 Å². The number of halogens is 1. The molecular weight excluding hydrogens is 435 g/mol. The van der Waals surface area contributed by atoms with E-state index in [9.17, 15) is 9.18 Å². The molecule has 1 amide bonds. The molecule has 5 rings (SSSR count). The number of nitrogens with one attached hydrogen (secondary N) is 1. The fourth-order valence-electron chi connectivity index (χ4n) is 5.58. The molecule has 35 heavy (non-hydrogen) atoms. The third kappa shape index (κ3) is 5.12. The third-order valence-corrected chi connectivity index (χ3v) is 7.53. The minimum Gasteiger partial charge on any atom is -0.349 e. The molecule has 1 N–H and O–H groups in total. The first-order valence-electron chi connectivity index (χ1n) is 12.6. The Bertz CT molecular complexity index is 1290. The normalized spacial score (nSPS) is 18.8. The van der Waals surface area contributed by atoms with Gasteiger partial charge in [-0.05, 0) is 97.0 Å². The number of benzene rings is 3. The Kier molecular flexibility index (Phi) is 6.89. The molecule has 3 aromatic carbocycles. The van der Waals surface area contributed by atoms with Crippen LogP contribution in [0.3, 0.4) is 0 Å². The molecule has 4 aromatic rings.